The molecule has 0 saturated heterocycles. The minimum absolute atomic E-state index is 0.197. The van der Waals surface area contributed by atoms with E-state index in [2.05, 4.69) is 17.2 Å². The fraction of sp³-hybridized carbons (Fsp3) is 0.133. The Balaban J connectivity index is 2.26. The van der Waals surface area contributed by atoms with Crippen LogP contribution in [0, 0.1) is 11.8 Å². The van der Waals surface area contributed by atoms with Crippen molar-refractivity contribution in [1.29, 1.82) is 0 Å². The SMILES string of the molecule is COc1ccc(C#CCO)cc1NC(=O)c1ccsc1. The number of anilines is 1. The molecule has 0 bridgehead atoms. The van der Waals surface area contributed by atoms with Crippen molar-refractivity contribution in [1.82, 2.24) is 0 Å². The molecule has 0 aliphatic rings. The molecular weight excluding hydrogens is 274 g/mol. The van der Waals surface area contributed by atoms with E-state index in [1.165, 1.54) is 18.4 Å². The molecule has 0 fully saturated rings. The van der Waals surface area contributed by atoms with Crippen molar-refractivity contribution in [3.05, 3.63) is 46.2 Å². The van der Waals surface area contributed by atoms with E-state index in [9.17, 15) is 4.79 Å². The molecule has 0 aliphatic heterocycles. The number of nitrogens with one attached hydrogen (secondary N) is 1. The maximum Gasteiger partial charge on any atom is 0.256 e. The van der Waals surface area contributed by atoms with Gasteiger partial charge in [-0.05, 0) is 29.6 Å². The van der Waals surface area contributed by atoms with Crippen LogP contribution in [0.3, 0.4) is 0 Å². The smallest absolute Gasteiger partial charge is 0.256 e. The van der Waals surface area contributed by atoms with E-state index in [0.717, 1.165) is 0 Å². The molecule has 20 heavy (non-hydrogen) atoms. The van der Waals surface area contributed by atoms with Gasteiger partial charge in [-0.2, -0.15) is 11.3 Å². The largest absolute Gasteiger partial charge is 0.495 e. The van der Waals surface area contributed by atoms with E-state index in [1.54, 1.807) is 29.6 Å². The van der Waals surface area contributed by atoms with Gasteiger partial charge in [0.1, 0.15) is 12.4 Å². The van der Waals surface area contributed by atoms with Crippen LogP contribution in [-0.2, 0) is 0 Å². The quantitative estimate of drug-likeness (QED) is 0.852. The number of methoxy groups -OCH3 is 1. The average molecular weight is 287 g/mol. The number of hydrogen-bond acceptors (Lipinski definition) is 4. The lowest BCUT2D eigenvalue weighted by Crippen LogP contribution is -2.11. The Hall–Kier alpha value is -2.29. The van der Waals surface area contributed by atoms with Crippen LogP contribution in [0.2, 0.25) is 0 Å². The molecule has 1 aromatic heterocycles. The third-order valence-electron chi connectivity index (χ3n) is 2.54. The lowest BCUT2D eigenvalue weighted by molar-refractivity contribution is 0.102. The van der Waals surface area contributed by atoms with Crippen molar-refractivity contribution in [2.75, 3.05) is 19.0 Å². The normalized spacial score (nSPS) is 9.50. The summed E-state index contributed by atoms with van der Waals surface area (Å²) in [6.45, 7) is -0.206. The molecule has 102 valence electrons. The monoisotopic (exact) mass is 287 g/mol. The first-order valence-corrected chi connectivity index (χ1v) is 6.80. The Morgan fingerprint density at radius 2 is 2.30 bits per heavy atom. The minimum Gasteiger partial charge on any atom is -0.495 e. The van der Waals surface area contributed by atoms with Crippen molar-refractivity contribution in [3.63, 3.8) is 0 Å². The van der Waals surface area contributed by atoms with Gasteiger partial charge in [0.05, 0.1) is 18.4 Å². The molecule has 1 amide bonds. The zero-order valence-corrected chi connectivity index (χ0v) is 11.7. The van der Waals surface area contributed by atoms with Gasteiger partial charge in [0, 0.05) is 10.9 Å². The number of aliphatic hydroxyl groups excluding tert-OH is 1. The zero-order valence-electron chi connectivity index (χ0n) is 10.8. The van der Waals surface area contributed by atoms with Crippen molar-refractivity contribution >= 4 is 22.9 Å². The Labute approximate surface area is 121 Å². The molecule has 2 rings (SSSR count). The lowest BCUT2D eigenvalue weighted by Gasteiger charge is -2.10. The second-order valence-electron chi connectivity index (χ2n) is 3.84. The van der Waals surface area contributed by atoms with Gasteiger partial charge in [-0.1, -0.05) is 11.8 Å². The second kappa shape index (κ2) is 6.75. The molecule has 0 saturated carbocycles. The zero-order chi connectivity index (χ0) is 14.4. The van der Waals surface area contributed by atoms with Crippen LogP contribution in [-0.4, -0.2) is 24.7 Å². The van der Waals surface area contributed by atoms with E-state index < -0.39 is 0 Å². The molecule has 1 aromatic carbocycles. The van der Waals surface area contributed by atoms with Crippen LogP contribution in [0.1, 0.15) is 15.9 Å². The van der Waals surface area contributed by atoms with Crippen molar-refractivity contribution < 1.29 is 14.6 Å². The summed E-state index contributed by atoms with van der Waals surface area (Å²) < 4.78 is 5.21. The highest BCUT2D eigenvalue weighted by Crippen LogP contribution is 2.26. The predicted octanol–water partition coefficient (Wildman–Crippen LogP) is 2.35. The van der Waals surface area contributed by atoms with E-state index >= 15 is 0 Å². The molecule has 0 spiro atoms. The maximum absolute atomic E-state index is 12.0. The molecule has 1 heterocycles. The Morgan fingerprint density at radius 1 is 1.45 bits per heavy atom. The highest BCUT2D eigenvalue weighted by Gasteiger charge is 2.10. The van der Waals surface area contributed by atoms with Gasteiger partial charge in [-0.25, -0.2) is 0 Å². The highest BCUT2D eigenvalue weighted by atomic mass is 32.1. The first-order valence-electron chi connectivity index (χ1n) is 5.86. The van der Waals surface area contributed by atoms with Crippen LogP contribution >= 0.6 is 11.3 Å². The van der Waals surface area contributed by atoms with Crippen LogP contribution in [0.5, 0.6) is 5.75 Å². The number of thiophene rings is 1. The number of rotatable bonds is 3. The average Bonchev–Trinajstić information content (AvgIpc) is 2.99. The van der Waals surface area contributed by atoms with Crippen molar-refractivity contribution in [2.24, 2.45) is 0 Å². The third-order valence-corrected chi connectivity index (χ3v) is 3.23. The van der Waals surface area contributed by atoms with Gasteiger partial charge in [-0.15, -0.1) is 0 Å². The molecule has 2 N–H and O–H groups in total. The summed E-state index contributed by atoms with van der Waals surface area (Å²) in [5, 5.41) is 15.1. The summed E-state index contributed by atoms with van der Waals surface area (Å²) in [4.78, 5) is 12.0. The first-order chi connectivity index (χ1) is 9.74. The van der Waals surface area contributed by atoms with Crippen LogP contribution in [0.15, 0.2) is 35.0 Å². The molecule has 0 aliphatic carbocycles. The number of carbonyl (C=O) groups is 1. The molecule has 0 unspecified atom stereocenters. The lowest BCUT2D eigenvalue weighted by atomic mass is 10.2. The van der Waals surface area contributed by atoms with Gasteiger partial charge in [0.25, 0.3) is 5.91 Å². The van der Waals surface area contributed by atoms with Gasteiger partial charge in [0.15, 0.2) is 0 Å². The van der Waals surface area contributed by atoms with Gasteiger partial charge >= 0.3 is 0 Å². The Bertz CT molecular complexity index is 653. The van der Waals surface area contributed by atoms with Crippen LogP contribution in [0.4, 0.5) is 5.69 Å². The van der Waals surface area contributed by atoms with E-state index in [0.29, 0.717) is 22.6 Å². The topological polar surface area (TPSA) is 58.6 Å². The van der Waals surface area contributed by atoms with E-state index in [-0.39, 0.29) is 12.5 Å². The van der Waals surface area contributed by atoms with Gasteiger partial charge in [-0.3, -0.25) is 4.79 Å². The van der Waals surface area contributed by atoms with Gasteiger partial charge < -0.3 is 15.2 Å². The van der Waals surface area contributed by atoms with E-state index in [4.69, 9.17) is 9.84 Å². The van der Waals surface area contributed by atoms with Crippen molar-refractivity contribution in [3.8, 4) is 17.6 Å². The molecule has 4 nitrogen and oxygen atoms in total. The number of benzene rings is 1. The summed E-state index contributed by atoms with van der Waals surface area (Å²) in [6.07, 6.45) is 0. The van der Waals surface area contributed by atoms with Gasteiger partial charge in [0.2, 0.25) is 0 Å². The highest BCUT2D eigenvalue weighted by molar-refractivity contribution is 7.08. The number of carbonyl (C=O) groups excluding carboxylic acids is 1. The third kappa shape index (κ3) is 3.38. The van der Waals surface area contributed by atoms with Crippen LogP contribution < -0.4 is 10.1 Å². The fourth-order valence-electron chi connectivity index (χ4n) is 1.61. The summed E-state index contributed by atoms with van der Waals surface area (Å²) >= 11 is 1.46. The predicted molar refractivity (Wildman–Crippen MR) is 79.2 cm³/mol. The van der Waals surface area contributed by atoms with E-state index in [1.807, 2.05) is 5.38 Å². The molecule has 0 radical (unpaired) electrons. The molecule has 5 heteroatoms. The second-order valence-corrected chi connectivity index (χ2v) is 4.62. The number of amides is 1. The Morgan fingerprint density at radius 3 is 2.95 bits per heavy atom. The standard InChI is InChI=1S/C15H13NO3S/c1-19-14-5-4-11(3-2-7-17)9-13(14)16-15(18)12-6-8-20-10-12/h4-6,8-10,17H,7H2,1H3,(H,16,18). The molecule has 2 aromatic rings. The first kappa shape index (κ1) is 14.1. The number of hydrogen-bond donors (Lipinski definition) is 2. The minimum atomic E-state index is -0.206. The van der Waals surface area contributed by atoms with Crippen LogP contribution in [0.25, 0.3) is 0 Å². The molecule has 0 atom stereocenters. The number of ether oxygens (including phenoxy) is 1. The summed E-state index contributed by atoms with van der Waals surface area (Å²) in [5.74, 6) is 5.71. The van der Waals surface area contributed by atoms with Crippen molar-refractivity contribution in [2.45, 2.75) is 0 Å². The summed E-state index contributed by atoms with van der Waals surface area (Å²) in [5.41, 5.74) is 1.85. The summed E-state index contributed by atoms with van der Waals surface area (Å²) in [6, 6.07) is 6.96. The number of aliphatic hydroxyl groups is 1. The summed E-state index contributed by atoms with van der Waals surface area (Å²) in [7, 11) is 1.54. The molecular formula is C15H13NO3S. The fourth-order valence-corrected chi connectivity index (χ4v) is 2.25. The maximum atomic E-state index is 12.0. The Kier molecular flexibility index (Phi) is 4.77.